The second-order valence-electron chi connectivity index (χ2n) is 6.81. The summed E-state index contributed by atoms with van der Waals surface area (Å²) in [6.45, 7) is 3.82. The Bertz CT molecular complexity index is 1110. The van der Waals surface area contributed by atoms with Crippen molar-refractivity contribution in [2.24, 2.45) is 0 Å². The van der Waals surface area contributed by atoms with Crippen molar-refractivity contribution in [3.8, 4) is 0 Å². The van der Waals surface area contributed by atoms with Crippen LogP contribution in [0.2, 0.25) is 0 Å². The lowest BCUT2D eigenvalue weighted by Crippen LogP contribution is -2.23. The van der Waals surface area contributed by atoms with E-state index in [-0.39, 0.29) is 24.1 Å². The summed E-state index contributed by atoms with van der Waals surface area (Å²) in [4.78, 5) is 8.76. The van der Waals surface area contributed by atoms with E-state index < -0.39 is 10.0 Å². The first-order chi connectivity index (χ1) is 14.8. The van der Waals surface area contributed by atoms with Crippen LogP contribution in [0.5, 0.6) is 0 Å². The molecule has 0 radical (unpaired) electrons. The minimum atomic E-state index is -3.68. The molecule has 1 atom stereocenters. The molecule has 0 saturated heterocycles. The highest BCUT2D eigenvalue weighted by molar-refractivity contribution is 9.10. The van der Waals surface area contributed by atoms with Gasteiger partial charge >= 0.3 is 0 Å². The topological polar surface area (TPSA) is 129 Å². The third-order valence-corrected chi connectivity index (χ3v) is 6.45. The molecule has 0 amide bonds. The fraction of sp³-hybridized carbons (Fsp3) is 0.300. The molecule has 0 aliphatic rings. The normalized spacial score (nSPS) is 12.5. The lowest BCUT2D eigenvalue weighted by molar-refractivity contribution is 0.271. The molecule has 31 heavy (non-hydrogen) atoms. The van der Waals surface area contributed by atoms with Crippen molar-refractivity contribution in [3.63, 3.8) is 0 Å². The maximum absolute atomic E-state index is 12.5. The zero-order valence-corrected chi connectivity index (χ0v) is 19.5. The molecule has 0 spiro atoms. The number of sulfonamides is 1. The number of aliphatic hydroxyl groups is 1. The highest BCUT2D eigenvalue weighted by Crippen LogP contribution is 2.23. The van der Waals surface area contributed by atoms with Gasteiger partial charge in [-0.3, -0.25) is 0 Å². The van der Waals surface area contributed by atoms with Crippen LogP contribution in [0.15, 0.2) is 56.4 Å². The molecule has 9 nitrogen and oxygen atoms in total. The Morgan fingerprint density at radius 3 is 2.55 bits per heavy atom. The standard InChI is InChI=1S/C20H24BrN5O4S/c1-3-14(12-27)24-19-18(21)11-22-20(26-19)25-15-5-8-17(9-6-15)31(28,29)23-10-16-7-4-13(2)30-16/h4-9,11,14,23,27H,3,10,12H2,1-2H3,(H2,22,24,25,26)/t14-/m1/s1. The Morgan fingerprint density at radius 1 is 1.19 bits per heavy atom. The van der Waals surface area contributed by atoms with Gasteiger partial charge in [-0.05, 0) is 65.7 Å². The zero-order chi connectivity index (χ0) is 22.4. The van der Waals surface area contributed by atoms with Crippen molar-refractivity contribution in [3.05, 3.63) is 58.6 Å². The highest BCUT2D eigenvalue weighted by Gasteiger charge is 2.15. The van der Waals surface area contributed by atoms with E-state index in [2.05, 4.69) is 41.3 Å². The first kappa shape index (κ1) is 23.2. The van der Waals surface area contributed by atoms with E-state index in [1.54, 1.807) is 37.4 Å². The molecule has 0 fully saturated rings. The monoisotopic (exact) mass is 509 g/mol. The quantitative estimate of drug-likeness (QED) is 0.326. The van der Waals surface area contributed by atoms with E-state index in [0.717, 1.165) is 12.2 Å². The third-order valence-electron chi connectivity index (χ3n) is 4.45. The van der Waals surface area contributed by atoms with E-state index in [0.29, 0.717) is 27.7 Å². The van der Waals surface area contributed by atoms with Crippen LogP contribution in [0.3, 0.4) is 0 Å². The predicted molar refractivity (Wildman–Crippen MR) is 122 cm³/mol. The molecule has 3 aromatic rings. The lowest BCUT2D eigenvalue weighted by atomic mass is 10.2. The van der Waals surface area contributed by atoms with Crippen LogP contribution in [0.1, 0.15) is 24.9 Å². The van der Waals surface area contributed by atoms with Gasteiger partial charge in [-0.2, -0.15) is 4.98 Å². The van der Waals surface area contributed by atoms with E-state index in [1.165, 1.54) is 12.1 Å². The molecule has 1 aromatic carbocycles. The molecule has 0 aliphatic heterocycles. The molecule has 0 aliphatic carbocycles. The van der Waals surface area contributed by atoms with Gasteiger partial charge in [0, 0.05) is 11.9 Å². The van der Waals surface area contributed by atoms with Gasteiger partial charge in [0.1, 0.15) is 17.3 Å². The second kappa shape index (κ2) is 10.2. The van der Waals surface area contributed by atoms with Gasteiger partial charge in [0.25, 0.3) is 0 Å². The molecule has 2 heterocycles. The zero-order valence-electron chi connectivity index (χ0n) is 17.1. The molecular weight excluding hydrogens is 486 g/mol. The van der Waals surface area contributed by atoms with Gasteiger partial charge in [0.15, 0.2) is 0 Å². The first-order valence-electron chi connectivity index (χ1n) is 9.62. The minimum absolute atomic E-state index is 0.0147. The summed E-state index contributed by atoms with van der Waals surface area (Å²) in [5, 5.41) is 15.6. The van der Waals surface area contributed by atoms with Gasteiger partial charge in [-0.15, -0.1) is 0 Å². The van der Waals surface area contributed by atoms with Crippen LogP contribution >= 0.6 is 15.9 Å². The molecule has 3 rings (SSSR count). The minimum Gasteiger partial charge on any atom is -0.465 e. The van der Waals surface area contributed by atoms with Crippen molar-refractivity contribution in [2.45, 2.75) is 37.8 Å². The molecule has 0 bridgehead atoms. The van der Waals surface area contributed by atoms with Crippen LogP contribution in [-0.4, -0.2) is 36.1 Å². The fourth-order valence-electron chi connectivity index (χ4n) is 2.67. The number of furan rings is 1. The number of aromatic nitrogens is 2. The average molecular weight is 510 g/mol. The Balaban J connectivity index is 1.67. The van der Waals surface area contributed by atoms with Crippen LogP contribution in [-0.2, 0) is 16.6 Å². The number of rotatable bonds is 10. The largest absolute Gasteiger partial charge is 0.465 e. The van der Waals surface area contributed by atoms with E-state index in [9.17, 15) is 13.5 Å². The van der Waals surface area contributed by atoms with Crippen molar-refractivity contribution in [2.75, 3.05) is 17.2 Å². The van der Waals surface area contributed by atoms with E-state index >= 15 is 0 Å². The van der Waals surface area contributed by atoms with Gasteiger partial charge in [-0.25, -0.2) is 18.1 Å². The number of aryl methyl sites for hydroxylation is 1. The van der Waals surface area contributed by atoms with Crippen LogP contribution < -0.4 is 15.4 Å². The summed E-state index contributed by atoms with van der Waals surface area (Å²) >= 11 is 3.39. The van der Waals surface area contributed by atoms with Crippen molar-refractivity contribution in [1.29, 1.82) is 0 Å². The second-order valence-corrected chi connectivity index (χ2v) is 9.43. The number of nitrogens with zero attached hydrogens (tertiary/aromatic N) is 2. The summed E-state index contributed by atoms with van der Waals surface area (Å²) in [5.41, 5.74) is 0.628. The van der Waals surface area contributed by atoms with Gasteiger partial charge < -0.3 is 20.2 Å². The smallest absolute Gasteiger partial charge is 0.240 e. The summed E-state index contributed by atoms with van der Waals surface area (Å²) in [6.07, 6.45) is 2.33. The van der Waals surface area contributed by atoms with Crippen LogP contribution in [0.4, 0.5) is 17.5 Å². The number of hydrogen-bond donors (Lipinski definition) is 4. The number of nitrogens with one attached hydrogen (secondary N) is 3. The molecule has 4 N–H and O–H groups in total. The number of anilines is 3. The fourth-order valence-corrected chi connectivity index (χ4v) is 3.97. The SMILES string of the molecule is CC[C@H](CO)Nc1nc(Nc2ccc(S(=O)(=O)NCc3ccc(C)o3)cc2)ncc1Br. The maximum Gasteiger partial charge on any atom is 0.240 e. The van der Waals surface area contributed by atoms with Gasteiger partial charge in [-0.1, -0.05) is 6.92 Å². The van der Waals surface area contributed by atoms with Crippen molar-refractivity contribution < 1.29 is 17.9 Å². The average Bonchev–Trinajstić information content (AvgIpc) is 3.18. The van der Waals surface area contributed by atoms with Gasteiger partial charge in [0.2, 0.25) is 16.0 Å². The summed E-state index contributed by atoms with van der Waals surface area (Å²) < 4.78 is 33.6. The molecule has 0 unspecified atom stereocenters. The van der Waals surface area contributed by atoms with Gasteiger partial charge in [0.05, 0.1) is 28.6 Å². The Kier molecular flexibility index (Phi) is 7.65. The summed E-state index contributed by atoms with van der Waals surface area (Å²) in [5.74, 6) is 2.15. The Morgan fingerprint density at radius 2 is 1.94 bits per heavy atom. The van der Waals surface area contributed by atoms with Crippen molar-refractivity contribution >= 4 is 43.4 Å². The van der Waals surface area contributed by atoms with E-state index in [4.69, 9.17) is 4.42 Å². The number of aliphatic hydroxyl groups excluding tert-OH is 1. The summed E-state index contributed by atoms with van der Waals surface area (Å²) in [7, 11) is -3.68. The lowest BCUT2D eigenvalue weighted by Gasteiger charge is -2.16. The predicted octanol–water partition coefficient (Wildman–Crippen LogP) is 3.55. The first-order valence-corrected chi connectivity index (χ1v) is 11.9. The molecule has 0 saturated carbocycles. The molecule has 2 aromatic heterocycles. The van der Waals surface area contributed by atoms with Crippen LogP contribution in [0, 0.1) is 6.92 Å². The molecule has 166 valence electrons. The Hall–Kier alpha value is -2.47. The number of hydrogen-bond acceptors (Lipinski definition) is 8. The molecule has 11 heteroatoms. The molecular formula is C20H24BrN5O4S. The van der Waals surface area contributed by atoms with Crippen LogP contribution in [0.25, 0.3) is 0 Å². The highest BCUT2D eigenvalue weighted by atomic mass is 79.9. The van der Waals surface area contributed by atoms with E-state index in [1.807, 2.05) is 6.92 Å². The Labute approximate surface area is 189 Å². The number of benzene rings is 1. The van der Waals surface area contributed by atoms with Crippen molar-refractivity contribution in [1.82, 2.24) is 14.7 Å². The maximum atomic E-state index is 12.5. The third kappa shape index (κ3) is 6.26. The summed E-state index contributed by atoms with van der Waals surface area (Å²) in [6, 6.07) is 9.64. The number of halogens is 1.